The fourth-order valence-electron chi connectivity index (χ4n) is 13.5. The van der Waals surface area contributed by atoms with E-state index in [9.17, 15) is 0 Å². The summed E-state index contributed by atoms with van der Waals surface area (Å²) < 4.78 is 6.28. The molecule has 8 aliphatic rings. The highest BCUT2D eigenvalue weighted by Crippen LogP contribution is 2.54. The average molecular weight is 856 g/mol. The van der Waals surface area contributed by atoms with E-state index >= 15 is 0 Å². The van der Waals surface area contributed by atoms with Crippen LogP contribution in [0, 0.1) is 0 Å². The molecule has 61 heavy (non-hydrogen) atoms. The van der Waals surface area contributed by atoms with Crippen LogP contribution in [0.1, 0.15) is 92.9 Å². The Morgan fingerprint density at radius 3 is 1.57 bits per heavy atom. The first-order valence-electron chi connectivity index (χ1n) is 26.0. The second kappa shape index (κ2) is 20.9. The van der Waals surface area contributed by atoms with Crippen LogP contribution in [0.5, 0.6) is 0 Å². The van der Waals surface area contributed by atoms with Gasteiger partial charge in [-0.3, -0.25) is 49.4 Å². The van der Waals surface area contributed by atoms with E-state index in [1.165, 1.54) is 77.5 Å². The summed E-state index contributed by atoms with van der Waals surface area (Å²) in [6.45, 7) is 42.9. The lowest BCUT2D eigenvalue weighted by Crippen LogP contribution is -3.03. The first-order chi connectivity index (χ1) is 29.7. The van der Waals surface area contributed by atoms with E-state index in [4.69, 9.17) is 10.1 Å². The first-order valence-corrected chi connectivity index (χ1v) is 26.0. The van der Waals surface area contributed by atoms with Crippen LogP contribution in [0.25, 0.3) is 0 Å². The van der Waals surface area contributed by atoms with Gasteiger partial charge in [-0.2, -0.15) is 0 Å². The number of rotatable bonds is 14. The number of nitrogens with one attached hydrogen (secondary N) is 1. The van der Waals surface area contributed by atoms with Gasteiger partial charge < -0.3 is 14.5 Å². The van der Waals surface area contributed by atoms with Crippen LogP contribution in [0.2, 0.25) is 0 Å². The van der Waals surface area contributed by atoms with Gasteiger partial charge in [-0.05, 0) is 72.9 Å². The molecule has 352 valence electrons. The van der Waals surface area contributed by atoms with Crippen LogP contribution < -0.4 is 5.32 Å². The van der Waals surface area contributed by atoms with Gasteiger partial charge in [0.25, 0.3) is 0 Å². The molecule has 0 radical (unpaired) electrons. The second-order valence-electron chi connectivity index (χ2n) is 20.5. The summed E-state index contributed by atoms with van der Waals surface area (Å²) in [7, 11) is 2.38. The number of hydrogen-bond acceptors (Lipinski definition) is 14. The quantitative estimate of drug-likeness (QED) is 0.278. The predicted octanol–water partition coefficient (Wildman–Crippen LogP) is 2.22. The van der Waals surface area contributed by atoms with Crippen LogP contribution in [0.4, 0.5) is 0 Å². The fraction of sp³-hybridized carbons (Fsp3) is 1.00. The molecule has 0 amide bonds. The summed E-state index contributed by atoms with van der Waals surface area (Å²) in [5.41, 5.74) is 0. The van der Waals surface area contributed by atoms with Gasteiger partial charge in [-0.1, -0.05) is 33.6 Å². The number of ether oxygens (including phenoxy) is 1. The zero-order chi connectivity index (χ0) is 42.6. The standard InChI is InChI=1S/C47H93N13O/c1-8-11-21-60-45(55-19-15-16-20-55,54-17-13-12-14-18-54)44(53-38-40-61-41-39-53)48-46(56-34-26-51(27-35-56)42(4)5,57-36-28-52(29-37-57)43(6)9-2)47(60,58-30-22-49(7)23-31-58)59-32-24-50(10-3)25-33-59/h42-44,48H,8-41H2,1-7H3. The molecule has 0 spiro atoms. The molecule has 14 heteroatoms. The van der Waals surface area contributed by atoms with Crippen molar-refractivity contribution < 1.29 is 4.74 Å². The third-order valence-electron chi connectivity index (χ3n) is 17.2. The van der Waals surface area contributed by atoms with Gasteiger partial charge in [0.1, 0.15) is 6.17 Å². The number of morpholine rings is 1. The Balaban J connectivity index is 1.44. The average Bonchev–Trinajstić information content (AvgIpc) is 3.87. The predicted molar refractivity (Wildman–Crippen MR) is 249 cm³/mol. The maximum atomic E-state index is 6.28. The molecular weight excluding hydrogens is 763 g/mol. The van der Waals surface area contributed by atoms with Crippen LogP contribution in [-0.4, -0.2) is 272 Å². The summed E-state index contributed by atoms with van der Waals surface area (Å²) >= 11 is 0. The highest BCUT2D eigenvalue weighted by molar-refractivity contribution is 5.23. The SMILES string of the molecule is CCCCN1C(N2CCCCC2)(N2CCCC2)C(N2CCOCC2)NC(N2CCN(C(C)C)CC2)(N2CCN(C(C)CC)CC2)C1(N1CCN(C)CC1)N1CCN(CC)CC1. The van der Waals surface area contributed by atoms with Crippen molar-refractivity contribution in [1.82, 2.24) is 64.1 Å². The summed E-state index contributed by atoms with van der Waals surface area (Å²) in [4.78, 5) is 35.9. The zero-order valence-corrected chi connectivity index (χ0v) is 40.5. The van der Waals surface area contributed by atoms with Crippen LogP contribution in [-0.2, 0) is 4.74 Å². The molecule has 0 aromatic heterocycles. The first kappa shape index (κ1) is 47.0. The Labute approximate surface area is 373 Å². The molecule has 8 aliphatic heterocycles. The molecular formula is C47H93N13O. The molecule has 5 unspecified atom stereocenters. The molecule has 0 aromatic rings. The summed E-state index contributed by atoms with van der Waals surface area (Å²) in [5.74, 6) is -1.20. The molecule has 8 rings (SSSR count). The molecule has 0 saturated carbocycles. The van der Waals surface area contributed by atoms with E-state index in [1.807, 2.05) is 0 Å². The Bertz CT molecular complexity index is 1310. The second-order valence-corrected chi connectivity index (χ2v) is 20.5. The largest absolute Gasteiger partial charge is 0.379 e. The van der Waals surface area contributed by atoms with Crippen molar-refractivity contribution in [2.75, 3.05) is 177 Å². The van der Waals surface area contributed by atoms with Crippen molar-refractivity contribution in [2.24, 2.45) is 0 Å². The molecule has 5 atom stereocenters. The van der Waals surface area contributed by atoms with Gasteiger partial charge in [-0.25, -0.2) is 4.90 Å². The van der Waals surface area contributed by atoms with Crippen molar-refractivity contribution in [3.8, 4) is 0 Å². The monoisotopic (exact) mass is 856 g/mol. The van der Waals surface area contributed by atoms with E-state index in [2.05, 4.69) is 107 Å². The maximum absolute atomic E-state index is 6.28. The van der Waals surface area contributed by atoms with Crippen molar-refractivity contribution in [2.45, 2.75) is 129 Å². The summed E-state index contributed by atoms with van der Waals surface area (Å²) in [6.07, 6.45) is 10.3. The third kappa shape index (κ3) is 8.67. The number of hydrogen-bond donors (Lipinski definition) is 1. The number of likely N-dealkylation sites (N-methyl/N-ethyl adjacent to an activating group) is 2. The van der Waals surface area contributed by atoms with Crippen molar-refractivity contribution >= 4 is 0 Å². The normalized spacial score (nSPS) is 36.7. The Morgan fingerprint density at radius 1 is 0.557 bits per heavy atom. The molecule has 8 fully saturated rings. The maximum Gasteiger partial charge on any atom is 0.181 e. The minimum Gasteiger partial charge on any atom is -0.379 e. The number of likely N-dealkylation sites (tertiary alicyclic amines) is 2. The van der Waals surface area contributed by atoms with Crippen LogP contribution in [0.3, 0.4) is 0 Å². The highest BCUT2D eigenvalue weighted by Gasteiger charge is 2.77. The zero-order valence-electron chi connectivity index (χ0n) is 40.5. The van der Waals surface area contributed by atoms with E-state index in [1.54, 1.807) is 0 Å². The Kier molecular flexibility index (Phi) is 16.1. The van der Waals surface area contributed by atoms with Gasteiger partial charge >= 0.3 is 0 Å². The molecule has 0 aliphatic carbocycles. The van der Waals surface area contributed by atoms with Gasteiger partial charge in [0, 0.05) is 163 Å². The van der Waals surface area contributed by atoms with Gasteiger partial charge in [0.15, 0.2) is 17.4 Å². The van der Waals surface area contributed by atoms with E-state index in [0.717, 1.165) is 144 Å². The van der Waals surface area contributed by atoms with Crippen molar-refractivity contribution in [1.29, 1.82) is 0 Å². The van der Waals surface area contributed by atoms with Gasteiger partial charge in [-0.15, -0.1) is 0 Å². The molecule has 8 saturated heterocycles. The smallest absolute Gasteiger partial charge is 0.181 e. The molecule has 1 N–H and O–H groups in total. The topological polar surface area (TPSA) is 60.1 Å². The Morgan fingerprint density at radius 2 is 1.07 bits per heavy atom. The van der Waals surface area contributed by atoms with E-state index in [-0.39, 0.29) is 12.0 Å². The van der Waals surface area contributed by atoms with E-state index < -0.39 is 11.6 Å². The summed E-state index contributed by atoms with van der Waals surface area (Å²) in [5, 5.41) is 5.12. The number of piperidine rings is 1. The lowest BCUT2D eigenvalue weighted by atomic mass is 9.85. The van der Waals surface area contributed by atoms with Gasteiger partial charge in [0.05, 0.1) is 13.2 Å². The highest BCUT2D eigenvalue weighted by atomic mass is 16.5. The minimum absolute atomic E-state index is 0.123. The number of unbranched alkanes of at least 4 members (excludes halogenated alkanes) is 1. The molecule has 0 aromatic carbocycles. The van der Waals surface area contributed by atoms with Crippen molar-refractivity contribution in [3.63, 3.8) is 0 Å². The lowest BCUT2D eigenvalue weighted by molar-refractivity contribution is -0.410. The lowest BCUT2D eigenvalue weighted by Gasteiger charge is -2.80. The summed E-state index contributed by atoms with van der Waals surface area (Å²) in [6, 6.07) is 1.17. The molecule has 0 bridgehead atoms. The Hall–Kier alpha value is -0.560. The van der Waals surface area contributed by atoms with Crippen LogP contribution in [0.15, 0.2) is 0 Å². The molecule has 8 heterocycles. The fourth-order valence-corrected chi connectivity index (χ4v) is 13.5. The molecule has 14 nitrogen and oxygen atoms in total. The number of nitrogens with zero attached hydrogens (tertiary/aromatic N) is 12. The van der Waals surface area contributed by atoms with Crippen molar-refractivity contribution in [3.05, 3.63) is 0 Å². The number of piperazine rings is 5. The minimum atomic E-state index is -0.461. The van der Waals surface area contributed by atoms with Gasteiger partial charge in [0.2, 0.25) is 0 Å². The third-order valence-corrected chi connectivity index (χ3v) is 17.2. The van der Waals surface area contributed by atoms with E-state index in [0.29, 0.717) is 12.1 Å². The van der Waals surface area contributed by atoms with Crippen LogP contribution >= 0.6 is 0 Å².